The summed E-state index contributed by atoms with van der Waals surface area (Å²) in [6.45, 7) is 0.860. The van der Waals surface area contributed by atoms with Gasteiger partial charge in [-0.15, -0.1) is 0 Å². The van der Waals surface area contributed by atoms with E-state index in [0.29, 0.717) is 72.7 Å². The van der Waals surface area contributed by atoms with Gasteiger partial charge < -0.3 is 23.4 Å². The Labute approximate surface area is 253 Å². The Kier molecular flexibility index (Phi) is 8.85. The van der Waals surface area contributed by atoms with E-state index in [9.17, 15) is 14.7 Å². The van der Waals surface area contributed by atoms with Crippen LogP contribution in [0.25, 0.3) is 44.2 Å². The van der Waals surface area contributed by atoms with Crippen molar-refractivity contribution in [2.75, 3.05) is 13.2 Å². The molecule has 0 bridgehead atoms. The van der Waals surface area contributed by atoms with E-state index >= 15 is 0 Å². The number of hydrogen-bond acceptors (Lipinski definition) is 7. The quantitative estimate of drug-likeness (QED) is 0.116. The summed E-state index contributed by atoms with van der Waals surface area (Å²) in [7, 11) is 0. The number of aliphatic hydroxyl groups is 1. The first kappa shape index (κ1) is 29.0. The largest absolute Gasteiger partial charge is 0.493 e. The Morgan fingerprint density at radius 2 is 1.00 bits per heavy atom. The molecule has 44 heavy (non-hydrogen) atoms. The lowest BCUT2D eigenvalue weighted by molar-refractivity contribution is 0.134. The molecule has 7 nitrogen and oxygen atoms in total. The fraction of sp³-hybridized carbons (Fsp3) is 0.189. The van der Waals surface area contributed by atoms with Crippen LogP contribution < -0.4 is 20.7 Å². The molecule has 0 spiro atoms. The molecular formula is C37H32O7. The van der Waals surface area contributed by atoms with E-state index in [1.807, 2.05) is 97.1 Å². The molecule has 0 aliphatic rings. The van der Waals surface area contributed by atoms with Crippen molar-refractivity contribution in [3.63, 3.8) is 0 Å². The molecule has 4 aromatic carbocycles. The van der Waals surface area contributed by atoms with E-state index in [0.717, 1.165) is 21.9 Å². The number of fused-ring (bicyclic) bond motifs is 2. The number of aliphatic hydroxyl groups excluding tert-OH is 1. The summed E-state index contributed by atoms with van der Waals surface area (Å²) in [5, 5.41) is 12.1. The number of benzene rings is 4. The van der Waals surface area contributed by atoms with Gasteiger partial charge in [-0.3, -0.25) is 0 Å². The van der Waals surface area contributed by atoms with Crippen LogP contribution in [0.1, 0.15) is 25.7 Å². The van der Waals surface area contributed by atoms with Crippen LogP contribution in [0.5, 0.6) is 11.5 Å². The molecular weight excluding hydrogens is 556 g/mol. The molecule has 2 aromatic heterocycles. The Bertz CT molecular complexity index is 1830. The molecule has 0 saturated heterocycles. The number of ether oxygens (including phenoxy) is 2. The van der Waals surface area contributed by atoms with E-state index < -0.39 is 17.4 Å². The van der Waals surface area contributed by atoms with Crippen molar-refractivity contribution in [2.24, 2.45) is 0 Å². The second-order valence-electron chi connectivity index (χ2n) is 10.7. The average Bonchev–Trinajstić information content (AvgIpc) is 3.05. The van der Waals surface area contributed by atoms with Crippen molar-refractivity contribution in [1.29, 1.82) is 0 Å². The number of rotatable bonds is 12. The van der Waals surface area contributed by atoms with Gasteiger partial charge in [0, 0.05) is 22.9 Å². The topological polar surface area (TPSA) is 99.1 Å². The minimum absolute atomic E-state index is 0.391. The fourth-order valence-electron chi connectivity index (χ4n) is 5.16. The van der Waals surface area contributed by atoms with E-state index in [1.54, 1.807) is 12.1 Å². The molecule has 0 fully saturated rings. The summed E-state index contributed by atoms with van der Waals surface area (Å²) in [5.41, 5.74) is 2.83. The summed E-state index contributed by atoms with van der Waals surface area (Å²) in [6.07, 6.45) is 2.05. The Morgan fingerprint density at radius 3 is 1.43 bits per heavy atom. The monoisotopic (exact) mass is 588 g/mol. The summed E-state index contributed by atoms with van der Waals surface area (Å²) in [6, 6.07) is 33.4. The third-order valence-corrected chi connectivity index (χ3v) is 7.49. The van der Waals surface area contributed by atoms with Gasteiger partial charge in [0.15, 0.2) is 0 Å². The van der Waals surface area contributed by atoms with Gasteiger partial charge in [0.05, 0.1) is 30.4 Å². The maximum absolute atomic E-state index is 12.5. The van der Waals surface area contributed by atoms with Gasteiger partial charge in [-0.05, 0) is 73.2 Å². The third kappa shape index (κ3) is 6.90. The van der Waals surface area contributed by atoms with Gasteiger partial charge in [0.25, 0.3) is 0 Å². The molecule has 0 unspecified atom stereocenters. The minimum Gasteiger partial charge on any atom is -0.493 e. The molecule has 222 valence electrons. The molecule has 7 heteroatoms. The molecule has 0 amide bonds. The molecule has 0 radical (unpaired) electrons. The highest BCUT2D eigenvalue weighted by Gasteiger charge is 2.11. The predicted molar refractivity (Wildman–Crippen MR) is 171 cm³/mol. The second-order valence-corrected chi connectivity index (χ2v) is 10.7. The van der Waals surface area contributed by atoms with Crippen molar-refractivity contribution in [1.82, 2.24) is 0 Å². The van der Waals surface area contributed by atoms with Crippen molar-refractivity contribution in [3.05, 3.63) is 130 Å². The summed E-state index contributed by atoms with van der Waals surface area (Å²) < 4.78 is 22.8. The molecule has 1 N–H and O–H groups in total. The van der Waals surface area contributed by atoms with Crippen LogP contribution in [-0.2, 0) is 0 Å². The Balaban J connectivity index is 0.937. The van der Waals surface area contributed by atoms with Gasteiger partial charge in [-0.1, -0.05) is 60.7 Å². The lowest BCUT2D eigenvalue weighted by Crippen LogP contribution is -2.11. The van der Waals surface area contributed by atoms with E-state index in [4.69, 9.17) is 18.3 Å². The first-order valence-electron chi connectivity index (χ1n) is 14.7. The highest BCUT2D eigenvalue weighted by Crippen LogP contribution is 2.26. The second kappa shape index (κ2) is 13.4. The van der Waals surface area contributed by atoms with E-state index in [2.05, 4.69) is 0 Å². The van der Waals surface area contributed by atoms with Gasteiger partial charge in [-0.25, -0.2) is 9.59 Å². The molecule has 0 atom stereocenters. The van der Waals surface area contributed by atoms with Crippen LogP contribution in [-0.4, -0.2) is 24.4 Å². The van der Waals surface area contributed by atoms with Gasteiger partial charge >= 0.3 is 11.3 Å². The van der Waals surface area contributed by atoms with Crippen molar-refractivity contribution < 1.29 is 23.4 Å². The highest BCUT2D eigenvalue weighted by molar-refractivity contribution is 5.83. The van der Waals surface area contributed by atoms with Gasteiger partial charge in [0.2, 0.25) is 0 Å². The smallest absolute Gasteiger partial charge is 0.344 e. The highest BCUT2D eigenvalue weighted by atomic mass is 16.5. The standard InChI is InChI=1S/C37H32O7/c38-29(13-7-19-41-30-17-15-27-21-32(25-9-3-1-4-10-25)36(39)43-34(27)23-30)14-8-20-42-31-18-16-28-22-33(26-11-5-2-6-12-26)37(40)44-35(28)24-31/h1-6,9-12,15-18,21-24,29,38H,7-8,13-14,19-20H2. The first-order valence-corrected chi connectivity index (χ1v) is 14.7. The minimum atomic E-state index is -0.473. The SMILES string of the molecule is O=c1oc2cc(OCCCC(O)CCCOc3ccc4cc(-c5ccccc5)c(=O)oc4c3)ccc2cc1-c1ccccc1. The summed E-state index contributed by atoms with van der Waals surface area (Å²) >= 11 is 0. The molecule has 0 saturated carbocycles. The van der Waals surface area contributed by atoms with E-state index in [1.165, 1.54) is 0 Å². The van der Waals surface area contributed by atoms with Gasteiger partial charge in [-0.2, -0.15) is 0 Å². The summed E-state index contributed by atoms with van der Waals surface area (Å²) in [4.78, 5) is 25.1. The Morgan fingerprint density at radius 1 is 0.568 bits per heavy atom. The molecule has 6 aromatic rings. The van der Waals surface area contributed by atoms with Gasteiger partial charge in [0.1, 0.15) is 22.7 Å². The zero-order chi connectivity index (χ0) is 30.3. The molecule has 6 rings (SSSR count). The number of hydrogen-bond donors (Lipinski definition) is 1. The zero-order valence-electron chi connectivity index (χ0n) is 24.1. The predicted octanol–water partition coefficient (Wildman–Crippen LogP) is 7.61. The Hall–Kier alpha value is -5.14. The van der Waals surface area contributed by atoms with Crippen LogP contribution in [0.15, 0.2) is 128 Å². The maximum Gasteiger partial charge on any atom is 0.344 e. The molecule has 2 heterocycles. The van der Waals surface area contributed by atoms with Crippen LogP contribution >= 0.6 is 0 Å². The first-order chi connectivity index (χ1) is 21.5. The summed E-state index contributed by atoms with van der Waals surface area (Å²) in [5.74, 6) is 1.22. The fourth-order valence-corrected chi connectivity index (χ4v) is 5.16. The van der Waals surface area contributed by atoms with E-state index in [-0.39, 0.29) is 0 Å². The average molecular weight is 589 g/mol. The van der Waals surface area contributed by atoms with Crippen LogP contribution in [0.3, 0.4) is 0 Å². The van der Waals surface area contributed by atoms with Crippen molar-refractivity contribution in [2.45, 2.75) is 31.8 Å². The lowest BCUT2D eigenvalue weighted by atomic mass is 10.1. The zero-order valence-corrected chi connectivity index (χ0v) is 24.1. The molecule has 0 aliphatic carbocycles. The lowest BCUT2D eigenvalue weighted by Gasteiger charge is -2.12. The van der Waals surface area contributed by atoms with Crippen molar-refractivity contribution in [3.8, 4) is 33.8 Å². The van der Waals surface area contributed by atoms with Crippen molar-refractivity contribution >= 4 is 21.9 Å². The van der Waals surface area contributed by atoms with Crippen LogP contribution in [0.4, 0.5) is 0 Å². The van der Waals surface area contributed by atoms with Crippen LogP contribution in [0, 0.1) is 0 Å². The normalized spacial score (nSPS) is 11.3. The molecule has 0 aliphatic heterocycles. The van der Waals surface area contributed by atoms with Crippen LogP contribution in [0.2, 0.25) is 0 Å². The maximum atomic E-state index is 12.5. The third-order valence-electron chi connectivity index (χ3n) is 7.49.